The molecule has 1 aromatic heterocycles. The minimum Gasteiger partial charge on any atom is -0.652 e. The summed E-state index contributed by atoms with van der Waals surface area (Å²) in [5.41, 5.74) is 2.00. The summed E-state index contributed by atoms with van der Waals surface area (Å²) in [5.74, 6) is 2.35. The van der Waals surface area contributed by atoms with Gasteiger partial charge >= 0.3 is 103 Å². The van der Waals surface area contributed by atoms with Crippen molar-refractivity contribution < 1.29 is 132 Å². The van der Waals surface area contributed by atoms with Crippen LogP contribution < -0.4 is 122 Å². The molecule has 0 amide bonds. The summed E-state index contributed by atoms with van der Waals surface area (Å²) in [4.78, 5) is 21.6. The van der Waals surface area contributed by atoms with Crippen LogP contribution in [-0.4, -0.2) is 45.8 Å². The Morgan fingerprint density at radius 2 is 1.70 bits per heavy atom. The maximum absolute atomic E-state index is 13.3. The molecule has 1 unspecified atom stereocenters. The van der Waals surface area contributed by atoms with Crippen LogP contribution in [0.3, 0.4) is 0 Å². The molecular formula is C26H26Cl2K2N4O6. The van der Waals surface area contributed by atoms with Crippen LogP contribution in [0.2, 0.25) is 10.0 Å². The van der Waals surface area contributed by atoms with Gasteiger partial charge in [0.25, 0.3) is 0 Å². The van der Waals surface area contributed by atoms with Gasteiger partial charge in [-0.25, -0.2) is 0 Å². The van der Waals surface area contributed by atoms with Crippen molar-refractivity contribution in [1.82, 2.24) is 20.6 Å². The average molecular weight is 640 g/mol. The number of tetrazole rings is 1. The maximum Gasteiger partial charge on any atom is 1.00 e. The topological polar surface area (TPSA) is 153 Å². The summed E-state index contributed by atoms with van der Waals surface area (Å²) >= 11 is 13.1. The van der Waals surface area contributed by atoms with Gasteiger partial charge in [0, 0.05) is 23.0 Å². The number of nitrogens with zero attached hydrogens (tertiary/aromatic N) is 3. The molecule has 1 atom stereocenters. The van der Waals surface area contributed by atoms with Gasteiger partial charge in [-0.15, -0.1) is 10.2 Å². The molecule has 5 rings (SSSR count). The molecule has 1 fully saturated rings. The Morgan fingerprint density at radius 1 is 1.07 bits per heavy atom. The zero-order valence-electron chi connectivity index (χ0n) is 22.7. The largest absolute Gasteiger partial charge is 1.00 e. The fourth-order valence-electron chi connectivity index (χ4n) is 5.21. The van der Waals surface area contributed by atoms with Crippen molar-refractivity contribution in [1.29, 1.82) is 0 Å². The number of carbonyl (C=O) groups is 2. The second kappa shape index (κ2) is 16.7. The summed E-state index contributed by atoms with van der Waals surface area (Å²) in [5, 5.41) is 31.2. The van der Waals surface area contributed by atoms with Crippen molar-refractivity contribution in [2.24, 2.45) is 11.3 Å². The van der Waals surface area contributed by atoms with E-state index in [1.807, 2.05) is 30.3 Å². The number of ketones is 1. The Balaban J connectivity index is 0.000000877. The number of benzene rings is 2. The number of hydrogen-bond donors (Lipinski definition) is 1. The van der Waals surface area contributed by atoms with E-state index in [-0.39, 0.29) is 109 Å². The molecule has 1 heterocycles. The van der Waals surface area contributed by atoms with Crippen LogP contribution in [0.25, 0.3) is 11.4 Å². The van der Waals surface area contributed by atoms with Crippen molar-refractivity contribution >= 4 is 35.1 Å². The molecule has 0 radical (unpaired) electrons. The smallest absolute Gasteiger partial charge is 0.652 e. The summed E-state index contributed by atoms with van der Waals surface area (Å²) in [7, 11) is 0. The first-order valence-corrected chi connectivity index (χ1v) is 13.0. The van der Waals surface area contributed by atoms with Crippen LogP contribution >= 0.6 is 23.2 Å². The molecule has 0 bridgehead atoms. The Morgan fingerprint density at radius 3 is 2.30 bits per heavy atom. The zero-order chi connectivity index (χ0) is 27.3. The molecule has 0 saturated heterocycles. The number of carboxylic acid groups (broad SMARTS) is 2. The van der Waals surface area contributed by atoms with E-state index in [2.05, 4.69) is 27.5 Å². The van der Waals surface area contributed by atoms with Gasteiger partial charge in [0.2, 0.25) is 5.82 Å². The van der Waals surface area contributed by atoms with Gasteiger partial charge in [-0.05, 0) is 72.4 Å². The number of aromatic amines is 1. The first-order chi connectivity index (χ1) is 18.2. The Hall–Kier alpha value is -0.0973. The molecule has 0 spiro atoms. The number of fused-ring (bicyclic) bond motifs is 1. The first kappa shape index (κ1) is 36.1. The van der Waals surface area contributed by atoms with E-state index in [1.54, 1.807) is 0 Å². The van der Waals surface area contributed by atoms with E-state index >= 15 is 0 Å². The fourth-order valence-corrected chi connectivity index (χ4v) is 5.72. The summed E-state index contributed by atoms with van der Waals surface area (Å²) < 4.78 is 11.7. The van der Waals surface area contributed by atoms with Crippen LogP contribution in [0.4, 0.5) is 4.79 Å². The van der Waals surface area contributed by atoms with Gasteiger partial charge < -0.3 is 24.5 Å². The minimum atomic E-state index is -2.33. The van der Waals surface area contributed by atoms with Crippen molar-refractivity contribution in [3.63, 3.8) is 0 Å². The number of rotatable bonds is 8. The number of aromatic nitrogens is 4. The van der Waals surface area contributed by atoms with Crippen LogP contribution in [-0.2, 0) is 6.42 Å². The maximum atomic E-state index is 13.3. The number of ether oxygens (including phenoxy) is 2. The van der Waals surface area contributed by atoms with E-state index in [1.165, 1.54) is 12.8 Å². The summed E-state index contributed by atoms with van der Waals surface area (Å²) in [6.45, 7) is 2.99. The molecule has 40 heavy (non-hydrogen) atoms. The number of carbonyl (C=O) groups excluding carboxylic acids is 2. The molecule has 3 aromatic rings. The third kappa shape index (κ3) is 8.73. The summed E-state index contributed by atoms with van der Waals surface area (Å²) in [6.07, 6.45) is 3.61. The van der Waals surface area contributed by atoms with E-state index < -0.39 is 11.6 Å². The van der Waals surface area contributed by atoms with Crippen LogP contribution in [0.5, 0.6) is 11.5 Å². The van der Waals surface area contributed by atoms with Crippen LogP contribution in [0.15, 0.2) is 30.3 Å². The van der Waals surface area contributed by atoms with E-state index in [0.29, 0.717) is 59.2 Å². The van der Waals surface area contributed by atoms with Gasteiger partial charge in [-0.2, -0.15) is 5.21 Å². The molecule has 10 nitrogen and oxygen atoms in total. The number of halogens is 2. The number of hydrogen-bond acceptors (Lipinski definition) is 9. The molecule has 1 saturated carbocycles. The van der Waals surface area contributed by atoms with Crippen molar-refractivity contribution in [2.45, 2.75) is 45.4 Å². The fraction of sp³-hybridized carbons (Fsp3) is 0.423. The Kier molecular flexibility index (Phi) is 15.0. The van der Waals surface area contributed by atoms with Gasteiger partial charge in [0.15, 0.2) is 5.78 Å². The normalized spacial score (nSPS) is 17.6. The predicted octanol–water partition coefficient (Wildman–Crippen LogP) is -2.48. The molecule has 202 valence electrons. The predicted molar refractivity (Wildman–Crippen MR) is 135 cm³/mol. The van der Waals surface area contributed by atoms with Gasteiger partial charge in [0.05, 0.1) is 18.2 Å². The second-order valence-electron chi connectivity index (χ2n) is 9.50. The third-order valence-electron chi connectivity index (χ3n) is 7.09. The van der Waals surface area contributed by atoms with E-state index in [9.17, 15) is 4.79 Å². The van der Waals surface area contributed by atoms with Crippen molar-refractivity contribution in [2.75, 3.05) is 13.2 Å². The van der Waals surface area contributed by atoms with Gasteiger partial charge in [-0.3, -0.25) is 4.79 Å². The number of Topliss-reactive ketones (excluding diaryl/α,β-unsaturated/α-hetero) is 1. The molecule has 2 aliphatic rings. The van der Waals surface area contributed by atoms with E-state index in [0.717, 1.165) is 29.7 Å². The molecule has 14 heteroatoms. The molecule has 1 N–H and O–H groups in total. The minimum absolute atomic E-state index is 0. The SMILES string of the molecule is CC1(C2CCCC2)Cc2cc(OCCCOc3ccc(-c4nn[nH]n4)cc3)c(Cl)c(Cl)c2C1=O.O=C([O-])[O-].[K+].[K+]. The third-order valence-corrected chi connectivity index (χ3v) is 7.94. The molecule has 0 aliphatic heterocycles. The molecule has 2 aromatic carbocycles. The zero-order valence-corrected chi connectivity index (χ0v) is 30.4. The Bertz CT molecular complexity index is 1290. The quantitative estimate of drug-likeness (QED) is 0.209. The standard InChI is InChI=1S/C25H26Cl2N4O3.CH2O3.2K/c1-25(17-5-2-3-6-17)14-16-13-19(21(26)22(27)20(16)23(25)32)34-12-4-11-33-18-9-7-15(8-10-18)24-28-30-31-29-24;2-1(3)4;;/h7-10,13,17H,2-6,11-12,14H2,1H3,(H,28,29,30,31);(H2,2,3,4);;/q;;2*+1/p-2. The Labute approximate surface area is 327 Å². The van der Waals surface area contributed by atoms with Crippen LogP contribution in [0.1, 0.15) is 54.9 Å². The average Bonchev–Trinajstić information content (AvgIpc) is 3.65. The number of H-pyrrole nitrogens is 1. The van der Waals surface area contributed by atoms with E-state index in [4.69, 9.17) is 47.7 Å². The van der Waals surface area contributed by atoms with Gasteiger partial charge in [0.1, 0.15) is 16.5 Å². The second-order valence-corrected chi connectivity index (χ2v) is 10.3. The van der Waals surface area contributed by atoms with Crippen molar-refractivity contribution in [3.05, 3.63) is 51.5 Å². The van der Waals surface area contributed by atoms with Crippen LogP contribution in [0, 0.1) is 11.3 Å². The van der Waals surface area contributed by atoms with Crippen molar-refractivity contribution in [3.8, 4) is 22.9 Å². The summed E-state index contributed by atoms with van der Waals surface area (Å²) in [6, 6.07) is 9.39. The number of nitrogens with one attached hydrogen (secondary N) is 1. The molecule has 2 aliphatic carbocycles. The monoisotopic (exact) mass is 638 g/mol. The van der Waals surface area contributed by atoms with Gasteiger partial charge in [-0.1, -0.05) is 43.0 Å². The molecular weight excluding hydrogens is 613 g/mol. The first-order valence-electron chi connectivity index (χ1n) is 12.2.